The second-order valence-corrected chi connectivity index (χ2v) is 7.18. The third kappa shape index (κ3) is 3.59. The minimum absolute atomic E-state index is 0. The average Bonchev–Trinajstić information content (AvgIpc) is 2.66. The van der Waals surface area contributed by atoms with E-state index in [1.807, 2.05) is 0 Å². The van der Waals surface area contributed by atoms with Gasteiger partial charge in [-0.05, 0) is 0 Å². The summed E-state index contributed by atoms with van der Waals surface area (Å²) in [5, 5.41) is 3.45. The first-order valence-electron chi connectivity index (χ1n) is 7.18. The number of fused-ring (bicyclic) bond motifs is 2. The van der Waals surface area contributed by atoms with Gasteiger partial charge < -0.3 is 12.4 Å². The predicted molar refractivity (Wildman–Crippen MR) is 86.4 cm³/mol. The van der Waals surface area contributed by atoms with E-state index in [0.29, 0.717) is 15.0 Å². The van der Waals surface area contributed by atoms with Gasteiger partial charge in [0, 0.05) is 0 Å². The number of hydrogen-bond donors (Lipinski definition) is 1. The van der Waals surface area contributed by atoms with Crippen molar-refractivity contribution >= 4 is 25.0 Å². The molecule has 2 aromatic rings. The van der Waals surface area contributed by atoms with Crippen molar-refractivity contribution in [3.05, 3.63) is 71.3 Å². The number of nitrogens with two attached hydrogens (primary N) is 1. The Balaban J connectivity index is 0.00000161. The maximum atomic E-state index is 2.43. The Labute approximate surface area is 139 Å². The summed E-state index contributed by atoms with van der Waals surface area (Å²) in [6.45, 7) is 1.15. The van der Waals surface area contributed by atoms with Crippen molar-refractivity contribution in [2.45, 2.75) is 11.7 Å². The van der Waals surface area contributed by atoms with Gasteiger partial charge in [-0.25, -0.2) is 0 Å². The maximum Gasteiger partial charge on any atom is -1.00 e. The van der Waals surface area contributed by atoms with Crippen LogP contribution in [0.1, 0.15) is 23.1 Å². The molecule has 0 saturated carbocycles. The van der Waals surface area contributed by atoms with Gasteiger partial charge in [0.15, 0.2) is 0 Å². The van der Waals surface area contributed by atoms with Crippen LogP contribution in [-0.4, -0.2) is 28.5 Å². The SMILES string of the molecule is C[NH2+]CC/C=C1/c2ccccc2C[Se]c2ccccc21.[Cl-]. The number of rotatable bonds is 3. The third-order valence-corrected chi connectivity index (χ3v) is 6.03. The minimum Gasteiger partial charge on any atom is -1.00 e. The molecule has 0 radical (unpaired) electrons. The molecule has 0 fully saturated rings. The van der Waals surface area contributed by atoms with Crippen molar-refractivity contribution in [1.29, 1.82) is 0 Å². The fourth-order valence-electron chi connectivity index (χ4n) is 2.64. The van der Waals surface area contributed by atoms with Crippen LogP contribution in [0.3, 0.4) is 0 Å². The van der Waals surface area contributed by atoms with Crippen LogP contribution in [0.25, 0.3) is 5.57 Å². The van der Waals surface area contributed by atoms with Gasteiger partial charge in [-0.15, -0.1) is 0 Å². The second-order valence-electron chi connectivity index (χ2n) is 5.05. The van der Waals surface area contributed by atoms with Crippen molar-refractivity contribution in [3.63, 3.8) is 0 Å². The van der Waals surface area contributed by atoms with Gasteiger partial charge in [0.1, 0.15) is 0 Å². The van der Waals surface area contributed by atoms with Crippen molar-refractivity contribution in [1.82, 2.24) is 0 Å². The van der Waals surface area contributed by atoms with Crippen LogP contribution in [0.5, 0.6) is 0 Å². The van der Waals surface area contributed by atoms with Crippen molar-refractivity contribution in [2.75, 3.05) is 13.6 Å². The van der Waals surface area contributed by atoms with E-state index in [1.165, 1.54) is 27.6 Å². The zero-order valence-corrected chi connectivity index (χ0v) is 14.7. The molecule has 0 aromatic heterocycles. The van der Waals surface area contributed by atoms with E-state index in [-0.39, 0.29) is 12.4 Å². The molecule has 2 N–H and O–H groups in total. The first-order valence-corrected chi connectivity index (χ1v) is 9.25. The normalized spacial score (nSPS) is 14.8. The number of halogens is 1. The Morgan fingerprint density at radius 2 is 1.76 bits per heavy atom. The van der Waals surface area contributed by atoms with Gasteiger partial charge in [0.05, 0.1) is 0 Å². The standard InChI is InChI=1S/C18H19NSe.ClH/c1-19-12-6-10-16-15-8-3-2-7-14(15)13-20-18-11-5-4-9-17(16)18;/h2-5,7-11,19H,6,12-13H2,1H3;1H/b16-10-;. The number of quaternary nitrogens is 1. The number of benzene rings is 2. The summed E-state index contributed by atoms with van der Waals surface area (Å²) in [7, 11) is 2.14. The Morgan fingerprint density at radius 3 is 2.57 bits per heavy atom. The van der Waals surface area contributed by atoms with Gasteiger partial charge in [-0.3, -0.25) is 0 Å². The van der Waals surface area contributed by atoms with E-state index in [9.17, 15) is 0 Å². The fraction of sp³-hybridized carbons (Fsp3) is 0.222. The van der Waals surface area contributed by atoms with Crippen molar-refractivity contribution in [2.24, 2.45) is 0 Å². The summed E-state index contributed by atoms with van der Waals surface area (Å²) >= 11 is 0.541. The smallest absolute Gasteiger partial charge is 1.00 e. The molecule has 1 heterocycles. The van der Waals surface area contributed by atoms with E-state index < -0.39 is 0 Å². The second kappa shape index (κ2) is 7.82. The van der Waals surface area contributed by atoms with Gasteiger partial charge in [-0.2, -0.15) is 0 Å². The van der Waals surface area contributed by atoms with Gasteiger partial charge in [0.2, 0.25) is 0 Å². The van der Waals surface area contributed by atoms with Gasteiger partial charge in [0.25, 0.3) is 0 Å². The molecule has 1 nitrogen and oxygen atoms in total. The molecule has 110 valence electrons. The Hall–Kier alpha value is -1.05. The monoisotopic (exact) mass is 365 g/mol. The Kier molecular flexibility index (Phi) is 6.07. The topological polar surface area (TPSA) is 16.6 Å². The zero-order valence-electron chi connectivity index (χ0n) is 12.2. The predicted octanol–water partition coefficient (Wildman–Crippen LogP) is -1.45. The quantitative estimate of drug-likeness (QED) is 0.507. The maximum absolute atomic E-state index is 2.43. The summed E-state index contributed by atoms with van der Waals surface area (Å²) < 4.78 is 1.54. The van der Waals surface area contributed by atoms with E-state index >= 15 is 0 Å². The molecule has 3 heteroatoms. The molecule has 21 heavy (non-hydrogen) atoms. The first kappa shape index (κ1) is 16.3. The number of hydrogen-bond acceptors (Lipinski definition) is 0. The molecule has 1 aliphatic rings. The molecule has 0 bridgehead atoms. The molecule has 0 amide bonds. The largest absolute Gasteiger partial charge is 1.00 e. The van der Waals surface area contributed by atoms with Gasteiger partial charge in [-0.1, -0.05) is 0 Å². The van der Waals surface area contributed by atoms with E-state index in [2.05, 4.69) is 67.0 Å². The fourth-order valence-corrected chi connectivity index (χ4v) is 4.89. The molecular weight excluding hydrogens is 345 g/mol. The zero-order chi connectivity index (χ0) is 13.8. The summed E-state index contributed by atoms with van der Waals surface area (Å²) in [5.41, 5.74) is 5.84. The Morgan fingerprint density at radius 1 is 1.05 bits per heavy atom. The molecule has 2 aromatic carbocycles. The van der Waals surface area contributed by atoms with Crippen LogP contribution in [0.2, 0.25) is 0 Å². The van der Waals surface area contributed by atoms with Crippen molar-refractivity contribution < 1.29 is 17.7 Å². The van der Waals surface area contributed by atoms with Crippen molar-refractivity contribution in [3.8, 4) is 0 Å². The van der Waals surface area contributed by atoms with Crippen LogP contribution < -0.4 is 22.2 Å². The van der Waals surface area contributed by atoms with Gasteiger partial charge >= 0.3 is 127 Å². The molecule has 1 aliphatic heterocycles. The third-order valence-electron chi connectivity index (χ3n) is 3.67. The summed E-state index contributed by atoms with van der Waals surface area (Å²) in [6.07, 6.45) is 3.56. The molecular formula is C18H20ClNSe. The molecule has 3 rings (SSSR count). The summed E-state index contributed by atoms with van der Waals surface area (Å²) in [4.78, 5) is 0. The van der Waals surface area contributed by atoms with Crippen LogP contribution in [0, 0.1) is 0 Å². The van der Waals surface area contributed by atoms with Crippen LogP contribution in [-0.2, 0) is 5.32 Å². The van der Waals surface area contributed by atoms with E-state index in [1.54, 1.807) is 4.46 Å². The molecule has 0 atom stereocenters. The van der Waals surface area contributed by atoms with E-state index in [0.717, 1.165) is 13.0 Å². The van der Waals surface area contributed by atoms with E-state index in [4.69, 9.17) is 0 Å². The molecule has 0 unspecified atom stereocenters. The molecule has 0 spiro atoms. The van der Waals surface area contributed by atoms with Crippen LogP contribution in [0.15, 0.2) is 54.6 Å². The minimum atomic E-state index is 0. The Bertz CT molecular complexity index is 587. The molecule has 0 aliphatic carbocycles. The molecule has 0 saturated heterocycles. The van der Waals surface area contributed by atoms with Crippen LogP contribution in [0.4, 0.5) is 0 Å². The summed E-state index contributed by atoms with van der Waals surface area (Å²) in [6, 6.07) is 17.9. The average molecular weight is 365 g/mol. The summed E-state index contributed by atoms with van der Waals surface area (Å²) in [5.74, 6) is 0. The van der Waals surface area contributed by atoms with Crippen LogP contribution >= 0.6 is 0 Å². The first-order chi connectivity index (χ1) is 9.90.